The van der Waals surface area contributed by atoms with Crippen LogP contribution in [0.3, 0.4) is 0 Å². The first-order valence-electron chi connectivity index (χ1n) is 46.2. The van der Waals surface area contributed by atoms with Gasteiger partial charge in [-0.25, -0.2) is 58.3 Å². The molecule has 0 saturated heterocycles. The van der Waals surface area contributed by atoms with Crippen molar-refractivity contribution in [1.82, 2.24) is 124 Å². The van der Waals surface area contributed by atoms with E-state index in [4.69, 9.17) is 15.9 Å². The number of carbonyl (C=O) groups is 1. The van der Waals surface area contributed by atoms with Crippen molar-refractivity contribution < 1.29 is 13.2 Å². The Morgan fingerprint density at radius 1 is 0.406 bits per heavy atom. The van der Waals surface area contributed by atoms with Crippen molar-refractivity contribution in [2.75, 3.05) is 51.9 Å². The number of fused-ring (bicyclic) bond motifs is 5. The molecule has 5 saturated carbocycles. The molecule has 5 aliphatic rings. The molecule has 10 N–H and O–H groups in total. The number of rotatable bonds is 28. The van der Waals surface area contributed by atoms with Crippen molar-refractivity contribution >= 4 is 100 Å². The van der Waals surface area contributed by atoms with E-state index in [1.807, 2.05) is 92.4 Å². The van der Waals surface area contributed by atoms with Crippen LogP contribution in [-0.2, 0) is 14.8 Å². The number of carbonyl (C=O) groups excluding carboxylic acids is 1. The number of nitriles is 5. The molecule has 5 unspecified atom stereocenters. The monoisotopic (exact) mass is 1810 g/mol. The molecule has 0 spiro atoms. The lowest BCUT2D eigenvalue weighted by molar-refractivity contribution is -0.114. The number of aromatic amines is 5. The molecule has 5 atom stereocenters. The van der Waals surface area contributed by atoms with Crippen LogP contribution in [0.1, 0.15) is 218 Å². The van der Waals surface area contributed by atoms with Crippen LogP contribution in [-0.4, -0.2) is 164 Å². The van der Waals surface area contributed by atoms with E-state index in [1.54, 1.807) is 29.7 Å². The Morgan fingerprint density at radius 2 is 0.677 bits per heavy atom. The molecular formula is C94H111N35O3S. The van der Waals surface area contributed by atoms with E-state index < -0.39 is 10.0 Å². The van der Waals surface area contributed by atoms with Gasteiger partial charge in [-0.15, -0.1) is 0 Å². The van der Waals surface area contributed by atoms with E-state index in [2.05, 4.69) is 168 Å². The number of nitrogens with zero attached hydrogens (tertiary/aromatic N) is 26. The van der Waals surface area contributed by atoms with Gasteiger partial charge in [-0.05, 0) is 145 Å². The molecular weight excluding hydrogens is 1700 g/mol. The summed E-state index contributed by atoms with van der Waals surface area (Å²) in [6, 6.07) is 21.5. The highest BCUT2D eigenvalue weighted by molar-refractivity contribution is 7.92. The Hall–Kier alpha value is -14.8. The minimum Gasteiger partial charge on any atom is -0.382 e. The molecule has 0 aliphatic heterocycles. The number of sulfonamides is 1. The van der Waals surface area contributed by atoms with Gasteiger partial charge in [0, 0.05) is 115 Å². The first kappa shape index (κ1) is 91.5. The highest BCUT2D eigenvalue weighted by Crippen LogP contribution is 2.46. The Kier molecular flexibility index (Phi) is 29.2. The lowest BCUT2D eigenvalue weighted by Crippen LogP contribution is -2.24. The number of hydrogen-bond donors (Lipinski definition) is 9. The van der Waals surface area contributed by atoms with Crippen molar-refractivity contribution in [1.29, 1.82) is 26.3 Å². The minimum absolute atomic E-state index is 0.00214. The summed E-state index contributed by atoms with van der Waals surface area (Å²) >= 11 is 0. The number of nitrogens with one attached hydrogen (secondary N) is 8. The maximum atomic E-state index is 11.9. The summed E-state index contributed by atoms with van der Waals surface area (Å²) < 4.78 is 35.8. The maximum absolute atomic E-state index is 11.9. The zero-order valence-corrected chi connectivity index (χ0v) is 76.3. The van der Waals surface area contributed by atoms with Crippen molar-refractivity contribution in [3.05, 3.63) is 124 Å². The number of hydrogen-bond acceptors (Lipinski definition) is 26. The summed E-state index contributed by atoms with van der Waals surface area (Å²) in [6.45, 7) is 10.3. The molecule has 0 bridgehead atoms. The second kappa shape index (κ2) is 42.4. The van der Waals surface area contributed by atoms with Gasteiger partial charge in [0.25, 0.3) is 0 Å². The second-order valence-corrected chi connectivity index (χ2v) is 36.6. The quantitative estimate of drug-likeness (QED) is 0.0220. The molecule has 133 heavy (non-hydrogen) atoms. The van der Waals surface area contributed by atoms with Crippen LogP contribution in [0.15, 0.2) is 124 Å². The molecule has 39 heteroatoms. The van der Waals surface area contributed by atoms with Gasteiger partial charge in [0.2, 0.25) is 15.9 Å². The standard InChI is InChI=1S/C21H27N7.C19H21N7O.C19H23N7.C18H21N7O2S.C17H19N7/c1-3-27(4-2)21-17(19-16-10-12-23-20(16)25-14-24-19)13-28(26-21)18(9-11-22)15-7-5-6-8-15;1-12(27)24-19-15(17-14-7-9-21-18(14)23-11-22-17)10-26(25-19)16(6-8-20)13-4-2-3-5-13;1-2-21-19-15(17-14-8-10-22-18(14)24-12-23-17)11-26(25-19)16(7-9-20)13-5-3-4-6-13;1-28(26,27)24-18-14(16-13-7-9-20-17(13)22-11-21-16)10-25(23-18)15(6-8-19)12-4-2-3-5-12;18-7-5-14(11-3-1-2-4-11)24-9-13(16(19)23-24)15-12-6-8-20-17(12)22-10-21-15/h10,12-15,18H,3-9H2,1-2H3,(H,23,24,25);7,9-11,13,16H,2-6H2,1H3,(H,21,22,23)(H,24,25,27);8,10-13,16H,2-7H2,1H3,(H,21,25)(H,22,23,24);7,9-12,15H,2-6H2,1H3,(H,23,24)(H,20,21,22);6,8-11,14H,1-5H2,(H2,19,23)(H,20,21,22). The molecule has 15 aromatic rings. The van der Waals surface area contributed by atoms with Gasteiger partial charge in [-0.3, -0.25) is 32.9 Å². The number of nitrogen functional groups attached to an aromatic ring is 1. The fourth-order valence-corrected chi connectivity index (χ4v) is 20.7. The van der Waals surface area contributed by atoms with Crippen LogP contribution in [0.4, 0.5) is 29.1 Å². The van der Waals surface area contributed by atoms with Crippen LogP contribution in [0, 0.1) is 86.2 Å². The largest absolute Gasteiger partial charge is 0.382 e. The zero-order valence-electron chi connectivity index (χ0n) is 75.5. The van der Waals surface area contributed by atoms with Crippen LogP contribution < -0.4 is 26.0 Å². The number of amides is 1. The van der Waals surface area contributed by atoms with Crippen LogP contribution in [0.2, 0.25) is 0 Å². The first-order chi connectivity index (χ1) is 65.0. The second-order valence-electron chi connectivity index (χ2n) is 34.8. The molecule has 0 radical (unpaired) electrons. The average molecular weight is 1810 g/mol. The average Bonchev–Trinajstić information content (AvgIpc) is 1.64. The first-order valence-corrected chi connectivity index (χ1v) is 48.1. The van der Waals surface area contributed by atoms with Crippen LogP contribution in [0.5, 0.6) is 0 Å². The molecule has 20 rings (SSSR count). The summed E-state index contributed by atoms with van der Waals surface area (Å²) in [5, 5.41) is 80.8. The summed E-state index contributed by atoms with van der Waals surface area (Å²) in [7, 11) is -3.53. The van der Waals surface area contributed by atoms with Gasteiger partial charge in [-0.2, -0.15) is 51.8 Å². The minimum atomic E-state index is -3.53. The van der Waals surface area contributed by atoms with Crippen LogP contribution >= 0.6 is 0 Å². The molecule has 15 aromatic heterocycles. The topological polar surface area (TPSA) is 532 Å². The molecule has 15 heterocycles. The summed E-state index contributed by atoms with van der Waals surface area (Å²) in [5.41, 5.74) is 17.9. The fraction of sp³-hybridized carbons (Fsp3) is 0.457. The van der Waals surface area contributed by atoms with E-state index in [1.165, 1.54) is 103 Å². The third-order valence-electron chi connectivity index (χ3n) is 26.6. The van der Waals surface area contributed by atoms with Crippen molar-refractivity contribution in [3.63, 3.8) is 0 Å². The molecule has 1 amide bonds. The normalized spacial score (nSPS) is 16.0. The predicted octanol–water partition coefficient (Wildman–Crippen LogP) is 17.5. The number of anilines is 5. The van der Waals surface area contributed by atoms with Gasteiger partial charge in [-0.1, -0.05) is 64.2 Å². The third-order valence-corrected chi connectivity index (χ3v) is 27.2. The van der Waals surface area contributed by atoms with Gasteiger partial charge >= 0.3 is 0 Å². The lowest BCUT2D eigenvalue weighted by Gasteiger charge is -2.22. The van der Waals surface area contributed by atoms with E-state index >= 15 is 0 Å². The van der Waals surface area contributed by atoms with Gasteiger partial charge in [0.15, 0.2) is 29.1 Å². The van der Waals surface area contributed by atoms with E-state index in [9.17, 15) is 39.5 Å². The van der Waals surface area contributed by atoms with Crippen molar-refractivity contribution in [2.45, 2.75) is 218 Å². The van der Waals surface area contributed by atoms with E-state index in [-0.39, 0.29) is 41.9 Å². The summed E-state index contributed by atoms with van der Waals surface area (Å²) in [6.07, 6.45) is 53.2. The molecule has 5 fully saturated rings. The van der Waals surface area contributed by atoms with Gasteiger partial charge in [0.05, 0.1) is 155 Å². The Bertz CT molecular complexity index is 6820. The number of aromatic nitrogens is 25. The molecule has 5 aliphatic carbocycles. The van der Waals surface area contributed by atoms with Gasteiger partial charge in [0.1, 0.15) is 59.9 Å². The summed E-state index contributed by atoms with van der Waals surface area (Å²) in [4.78, 5) is 73.0. The smallest absolute Gasteiger partial charge is 0.231 e. The molecule has 0 aromatic carbocycles. The SMILES string of the molecule is CC(=O)Nc1nn(C(CC#N)C2CCCC2)cc1-c1ncnc2[nH]ccc12.CCN(CC)c1nn(C(CC#N)C2CCCC2)cc1-c1ncnc2[nH]ccc12.CCNc1nn(C(CC#N)C2CCCC2)cc1-c1ncnc2[nH]ccc12.CS(=O)(=O)Nc1nn(C(CC#N)C2CCCC2)cc1-c1ncnc2[nH]ccc12.N#CCC(C1CCCC1)n1cc(-c2ncnc3[nH]ccc23)c(N)n1. The third kappa shape index (κ3) is 20.5. The lowest BCUT2D eigenvalue weighted by atomic mass is 9.96. The molecule has 38 nitrogen and oxygen atoms in total. The highest BCUT2D eigenvalue weighted by Gasteiger charge is 2.36. The number of H-pyrrole nitrogens is 5. The Labute approximate surface area is 769 Å². The van der Waals surface area contributed by atoms with Crippen molar-refractivity contribution in [3.8, 4) is 86.6 Å². The summed E-state index contributed by atoms with van der Waals surface area (Å²) in [5.74, 6) is 5.00. The zero-order chi connectivity index (χ0) is 92.5. The fourth-order valence-electron chi connectivity index (χ4n) is 20.2. The van der Waals surface area contributed by atoms with Gasteiger partial charge < -0.3 is 46.2 Å². The Morgan fingerprint density at radius 3 is 0.985 bits per heavy atom. The Balaban J connectivity index is 0.000000121. The molecule has 686 valence electrons. The van der Waals surface area contributed by atoms with Crippen molar-refractivity contribution in [2.24, 2.45) is 29.6 Å². The van der Waals surface area contributed by atoms with E-state index in [0.717, 1.165) is 178 Å². The number of nitrogens with two attached hydrogens (primary N) is 1. The van der Waals surface area contributed by atoms with Crippen LogP contribution in [0.25, 0.3) is 111 Å². The highest BCUT2D eigenvalue weighted by atomic mass is 32.2. The van der Waals surface area contributed by atoms with E-state index in [0.29, 0.717) is 95.9 Å². The maximum Gasteiger partial charge on any atom is 0.231 e. The predicted molar refractivity (Wildman–Crippen MR) is 507 cm³/mol.